The van der Waals surface area contributed by atoms with E-state index in [1.807, 2.05) is 60.0 Å². The van der Waals surface area contributed by atoms with Gasteiger partial charge in [-0.3, -0.25) is 4.79 Å². The first-order chi connectivity index (χ1) is 24.5. The Kier molecular flexibility index (Phi) is 12.9. The summed E-state index contributed by atoms with van der Waals surface area (Å²) < 4.78 is 61.1. The highest BCUT2D eigenvalue weighted by Crippen LogP contribution is 2.41. The number of amides is 1. The molecule has 1 aliphatic rings. The van der Waals surface area contributed by atoms with Crippen LogP contribution in [-0.4, -0.2) is 93.3 Å². The molecule has 5 rings (SSSR count). The maximum atomic E-state index is 13.5. The number of benzene rings is 3. The number of halogens is 4. The predicted octanol–water partition coefficient (Wildman–Crippen LogP) is 7.08. The maximum absolute atomic E-state index is 13.5. The summed E-state index contributed by atoms with van der Waals surface area (Å²) in [5, 5.41) is 7.33. The van der Waals surface area contributed by atoms with E-state index in [0.29, 0.717) is 45.9 Å². The first-order valence-electron chi connectivity index (χ1n) is 16.9. The fraction of sp³-hybridized carbons (Fsp3) is 0.459. The summed E-state index contributed by atoms with van der Waals surface area (Å²) in [6, 6.07) is 17.1. The van der Waals surface area contributed by atoms with Crippen LogP contribution in [0.5, 0.6) is 17.2 Å². The number of methoxy groups -OCH3 is 3. The number of imidazole rings is 1. The van der Waals surface area contributed by atoms with Crippen LogP contribution in [0.2, 0.25) is 5.02 Å². The van der Waals surface area contributed by atoms with E-state index in [1.54, 1.807) is 6.07 Å². The van der Waals surface area contributed by atoms with Crippen molar-refractivity contribution >= 4 is 34.5 Å². The van der Waals surface area contributed by atoms with Gasteiger partial charge in [0.2, 0.25) is 11.7 Å². The van der Waals surface area contributed by atoms with Gasteiger partial charge in [-0.25, -0.2) is 4.98 Å². The van der Waals surface area contributed by atoms with Gasteiger partial charge >= 0.3 is 6.18 Å². The van der Waals surface area contributed by atoms with Gasteiger partial charge in [-0.15, -0.1) is 0 Å². The quantitative estimate of drug-likeness (QED) is 0.118. The normalized spacial score (nSPS) is 14.7. The molecular weight excluding hydrogens is 687 g/mol. The summed E-state index contributed by atoms with van der Waals surface area (Å²) in [4.78, 5) is 20.7. The zero-order chi connectivity index (χ0) is 36.5. The van der Waals surface area contributed by atoms with Crippen LogP contribution in [0.25, 0.3) is 11.0 Å². The average molecular weight is 732 g/mol. The lowest BCUT2D eigenvalue weighted by atomic mass is 9.94. The molecule has 1 aromatic heterocycles. The summed E-state index contributed by atoms with van der Waals surface area (Å²) >= 11 is 6.20. The summed E-state index contributed by atoms with van der Waals surface area (Å²) in [6.07, 6.45) is -1.82. The number of para-hydroxylation sites is 2. The van der Waals surface area contributed by atoms with Gasteiger partial charge in [0.1, 0.15) is 6.61 Å². The Labute approximate surface area is 301 Å². The number of aromatic nitrogens is 2. The Bertz CT molecular complexity index is 1760. The average Bonchev–Trinajstić information content (AvgIpc) is 3.46. The standard InChI is InChI=1S/C37H45ClF3N5O5/c1-24-29(21-32(48-2)34(50-4)33(24)49-3)35(47)42-22-26(25-9-11-27(38)12-10-25)13-16-45-17-14-28(15-18-45)43-36-44-30-7-5-6-8-31(30)46(36)19-20-51-23-37(39,40)41/h5-12,21,26,28H,13-20,22-23H2,1-4H3,(H,42,47)(H,43,44). The van der Waals surface area contributed by atoms with Crippen molar-refractivity contribution in [2.24, 2.45) is 0 Å². The minimum atomic E-state index is -4.37. The summed E-state index contributed by atoms with van der Waals surface area (Å²) in [6.45, 7) is 3.66. The minimum absolute atomic E-state index is 0.0314. The lowest BCUT2D eigenvalue weighted by molar-refractivity contribution is -0.174. The number of ether oxygens (including phenoxy) is 4. The second-order valence-electron chi connectivity index (χ2n) is 12.6. The van der Waals surface area contributed by atoms with E-state index in [1.165, 1.54) is 21.3 Å². The molecule has 276 valence electrons. The molecule has 0 radical (unpaired) electrons. The number of likely N-dealkylation sites (tertiary alicyclic amines) is 1. The van der Waals surface area contributed by atoms with Crippen LogP contribution in [0.4, 0.5) is 19.1 Å². The Hall–Kier alpha value is -4.20. The molecule has 10 nitrogen and oxygen atoms in total. The Morgan fingerprint density at radius 3 is 2.37 bits per heavy atom. The number of rotatable bonds is 16. The van der Waals surface area contributed by atoms with Gasteiger partial charge < -0.3 is 39.0 Å². The lowest BCUT2D eigenvalue weighted by Gasteiger charge is -2.33. The van der Waals surface area contributed by atoms with Crippen LogP contribution in [-0.2, 0) is 11.3 Å². The van der Waals surface area contributed by atoms with Crippen LogP contribution < -0.4 is 24.8 Å². The van der Waals surface area contributed by atoms with Crippen molar-refractivity contribution < 1.29 is 36.9 Å². The van der Waals surface area contributed by atoms with Crippen LogP contribution in [0.3, 0.4) is 0 Å². The van der Waals surface area contributed by atoms with Crippen molar-refractivity contribution in [1.29, 1.82) is 0 Å². The van der Waals surface area contributed by atoms with Crippen molar-refractivity contribution in [3.63, 3.8) is 0 Å². The monoisotopic (exact) mass is 731 g/mol. The third-order valence-corrected chi connectivity index (χ3v) is 9.52. The van der Waals surface area contributed by atoms with Gasteiger partial charge in [-0.1, -0.05) is 35.9 Å². The van der Waals surface area contributed by atoms with E-state index in [2.05, 4.69) is 15.5 Å². The molecule has 51 heavy (non-hydrogen) atoms. The number of alkyl halides is 3. The van der Waals surface area contributed by atoms with E-state index < -0.39 is 12.8 Å². The SMILES string of the molecule is COc1cc(C(=O)NCC(CCN2CCC(Nc3nc4ccccc4n3CCOCC(F)(F)F)CC2)c2ccc(Cl)cc2)c(C)c(OC)c1OC. The van der Waals surface area contributed by atoms with Gasteiger partial charge in [0, 0.05) is 54.3 Å². The fourth-order valence-electron chi connectivity index (χ4n) is 6.55. The van der Waals surface area contributed by atoms with Crippen LogP contribution >= 0.6 is 11.6 Å². The minimum Gasteiger partial charge on any atom is -0.493 e. The maximum Gasteiger partial charge on any atom is 0.411 e. The summed E-state index contributed by atoms with van der Waals surface area (Å²) in [5.74, 6) is 1.71. The fourth-order valence-corrected chi connectivity index (χ4v) is 6.67. The molecule has 1 atom stereocenters. The number of piperidine rings is 1. The molecule has 3 aromatic carbocycles. The molecule has 2 N–H and O–H groups in total. The van der Waals surface area contributed by atoms with Crippen LogP contribution in [0.1, 0.15) is 46.7 Å². The number of hydrogen-bond donors (Lipinski definition) is 2. The third-order valence-electron chi connectivity index (χ3n) is 9.27. The number of nitrogens with zero attached hydrogens (tertiary/aromatic N) is 3. The number of fused-ring (bicyclic) bond motifs is 1. The highest BCUT2D eigenvalue weighted by Gasteiger charge is 2.28. The molecule has 0 saturated carbocycles. The summed E-state index contributed by atoms with van der Waals surface area (Å²) in [5.41, 5.74) is 3.78. The predicted molar refractivity (Wildman–Crippen MR) is 192 cm³/mol. The van der Waals surface area contributed by atoms with Crippen molar-refractivity contribution in [2.45, 2.75) is 50.9 Å². The highest BCUT2D eigenvalue weighted by molar-refractivity contribution is 6.30. The molecule has 2 heterocycles. The summed E-state index contributed by atoms with van der Waals surface area (Å²) in [7, 11) is 4.57. The number of hydrogen-bond acceptors (Lipinski definition) is 8. The van der Waals surface area contributed by atoms with E-state index in [4.69, 9.17) is 35.5 Å². The second kappa shape index (κ2) is 17.3. The van der Waals surface area contributed by atoms with E-state index in [-0.39, 0.29) is 31.0 Å². The number of nitrogens with one attached hydrogen (secondary N) is 2. The van der Waals surface area contributed by atoms with Crippen LogP contribution in [0.15, 0.2) is 54.6 Å². The molecule has 1 aliphatic heterocycles. The molecule has 4 aromatic rings. The van der Waals surface area contributed by atoms with Crippen molar-refractivity contribution in [2.75, 3.05) is 66.0 Å². The van der Waals surface area contributed by atoms with Gasteiger partial charge in [0.05, 0.1) is 39.0 Å². The lowest BCUT2D eigenvalue weighted by Crippen LogP contribution is -2.40. The first kappa shape index (κ1) is 38.0. The van der Waals surface area contributed by atoms with Crippen molar-refractivity contribution in [1.82, 2.24) is 19.8 Å². The van der Waals surface area contributed by atoms with E-state index in [0.717, 1.165) is 55.5 Å². The smallest absolute Gasteiger partial charge is 0.411 e. The molecule has 14 heteroatoms. The number of carbonyl (C=O) groups is 1. The largest absolute Gasteiger partial charge is 0.493 e. The Morgan fingerprint density at radius 2 is 1.71 bits per heavy atom. The second-order valence-corrected chi connectivity index (χ2v) is 13.0. The van der Waals surface area contributed by atoms with Gasteiger partial charge in [-0.2, -0.15) is 13.2 Å². The van der Waals surface area contributed by atoms with Crippen molar-refractivity contribution in [3.05, 3.63) is 76.3 Å². The molecule has 1 amide bonds. The van der Waals surface area contributed by atoms with Crippen molar-refractivity contribution in [3.8, 4) is 17.2 Å². The third kappa shape index (κ3) is 9.78. The molecular formula is C37H45ClF3N5O5. The molecule has 0 bridgehead atoms. The van der Waals surface area contributed by atoms with E-state index in [9.17, 15) is 18.0 Å². The van der Waals surface area contributed by atoms with Gasteiger partial charge in [0.15, 0.2) is 11.5 Å². The highest BCUT2D eigenvalue weighted by atomic mass is 35.5. The Balaban J connectivity index is 1.19. The molecule has 1 saturated heterocycles. The first-order valence-corrected chi connectivity index (χ1v) is 17.3. The topological polar surface area (TPSA) is 99.1 Å². The number of carbonyl (C=O) groups excluding carboxylic acids is 1. The zero-order valence-corrected chi connectivity index (χ0v) is 30.1. The number of anilines is 1. The molecule has 1 unspecified atom stereocenters. The molecule has 1 fully saturated rings. The zero-order valence-electron chi connectivity index (χ0n) is 29.3. The van der Waals surface area contributed by atoms with Crippen LogP contribution in [0, 0.1) is 6.92 Å². The van der Waals surface area contributed by atoms with E-state index >= 15 is 0 Å². The van der Waals surface area contributed by atoms with Gasteiger partial charge in [-0.05, 0) is 68.6 Å². The Morgan fingerprint density at radius 1 is 1.00 bits per heavy atom. The van der Waals surface area contributed by atoms with Gasteiger partial charge in [0.25, 0.3) is 5.91 Å². The molecule has 0 aliphatic carbocycles. The molecule has 0 spiro atoms.